The molecule has 1 aromatic rings. The van der Waals surface area contributed by atoms with Gasteiger partial charge >= 0.3 is 0 Å². The molecule has 0 saturated heterocycles. The SMILES string of the molecule is CN(C(CN)C1CC1)S(=O)(=O)c1ccc(C#N)c(Cl)c1. The molecule has 2 N–H and O–H groups in total. The Bertz CT molecular complexity index is 650. The fourth-order valence-electron chi connectivity index (χ4n) is 2.21. The Morgan fingerprint density at radius 1 is 1.55 bits per heavy atom. The van der Waals surface area contributed by atoms with Gasteiger partial charge in [0.15, 0.2) is 0 Å². The standard InChI is InChI=1S/C13H16ClN3O2S/c1-17(13(8-16)9-2-3-9)20(18,19)11-5-4-10(7-15)12(14)6-11/h4-6,9,13H,2-3,8,16H2,1H3. The van der Waals surface area contributed by atoms with Gasteiger partial charge in [-0.05, 0) is 37.0 Å². The van der Waals surface area contributed by atoms with E-state index in [0.29, 0.717) is 12.5 Å². The molecule has 0 amide bonds. The number of likely N-dealkylation sites (N-methyl/N-ethyl adjacent to an activating group) is 1. The molecule has 108 valence electrons. The summed E-state index contributed by atoms with van der Waals surface area (Å²) >= 11 is 5.90. The van der Waals surface area contributed by atoms with E-state index < -0.39 is 10.0 Å². The molecular formula is C13H16ClN3O2S. The molecule has 1 aliphatic rings. The van der Waals surface area contributed by atoms with Gasteiger partial charge in [-0.3, -0.25) is 0 Å². The minimum atomic E-state index is -3.64. The van der Waals surface area contributed by atoms with Crippen LogP contribution in [-0.2, 0) is 10.0 Å². The molecule has 0 radical (unpaired) electrons. The number of halogens is 1. The topological polar surface area (TPSA) is 87.2 Å². The van der Waals surface area contributed by atoms with Crippen LogP contribution in [0.15, 0.2) is 23.1 Å². The second kappa shape index (κ2) is 5.70. The molecule has 2 rings (SSSR count). The van der Waals surface area contributed by atoms with Crippen molar-refractivity contribution in [1.82, 2.24) is 4.31 Å². The van der Waals surface area contributed by atoms with E-state index in [1.165, 1.54) is 29.6 Å². The number of nitriles is 1. The van der Waals surface area contributed by atoms with Gasteiger partial charge in [0, 0.05) is 19.6 Å². The summed E-state index contributed by atoms with van der Waals surface area (Å²) in [4.78, 5) is 0.0862. The number of rotatable bonds is 5. The predicted molar refractivity (Wildman–Crippen MR) is 76.7 cm³/mol. The Morgan fingerprint density at radius 2 is 2.20 bits per heavy atom. The van der Waals surface area contributed by atoms with Crippen LogP contribution >= 0.6 is 11.6 Å². The van der Waals surface area contributed by atoms with Gasteiger partial charge in [0.2, 0.25) is 10.0 Å². The largest absolute Gasteiger partial charge is 0.329 e. The molecule has 1 saturated carbocycles. The van der Waals surface area contributed by atoms with Crippen molar-refractivity contribution in [2.75, 3.05) is 13.6 Å². The number of nitrogens with two attached hydrogens (primary N) is 1. The molecule has 1 atom stereocenters. The van der Waals surface area contributed by atoms with Crippen LogP contribution in [-0.4, -0.2) is 32.4 Å². The zero-order valence-electron chi connectivity index (χ0n) is 11.1. The van der Waals surface area contributed by atoms with Crippen LogP contribution in [0, 0.1) is 17.2 Å². The smallest absolute Gasteiger partial charge is 0.243 e. The zero-order chi connectivity index (χ0) is 14.9. The van der Waals surface area contributed by atoms with Crippen molar-refractivity contribution in [2.45, 2.75) is 23.8 Å². The predicted octanol–water partition coefficient (Wildman–Crippen LogP) is 1.57. The summed E-state index contributed by atoms with van der Waals surface area (Å²) in [5.74, 6) is 0.341. The molecule has 1 fully saturated rings. The Kier molecular flexibility index (Phi) is 4.35. The van der Waals surface area contributed by atoms with Crippen LogP contribution in [0.5, 0.6) is 0 Å². The molecule has 0 aliphatic heterocycles. The van der Waals surface area contributed by atoms with Crippen molar-refractivity contribution in [3.8, 4) is 6.07 Å². The molecule has 5 nitrogen and oxygen atoms in total. The van der Waals surface area contributed by atoms with Gasteiger partial charge in [0.25, 0.3) is 0 Å². The Hall–Kier alpha value is -1.13. The van der Waals surface area contributed by atoms with Gasteiger partial charge in [0.1, 0.15) is 6.07 Å². The summed E-state index contributed by atoms with van der Waals surface area (Å²) in [6, 6.07) is 5.84. The first-order valence-corrected chi connectivity index (χ1v) is 8.11. The van der Waals surface area contributed by atoms with E-state index in [9.17, 15) is 8.42 Å². The maximum Gasteiger partial charge on any atom is 0.243 e. The summed E-state index contributed by atoms with van der Waals surface area (Å²) in [5.41, 5.74) is 5.95. The van der Waals surface area contributed by atoms with Gasteiger partial charge in [-0.2, -0.15) is 9.57 Å². The highest BCUT2D eigenvalue weighted by Gasteiger charge is 2.38. The van der Waals surface area contributed by atoms with Crippen molar-refractivity contribution in [3.63, 3.8) is 0 Å². The second-order valence-corrected chi connectivity index (χ2v) is 7.32. The number of sulfonamides is 1. The van der Waals surface area contributed by atoms with Crippen LogP contribution in [0.3, 0.4) is 0 Å². The Morgan fingerprint density at radius 3 is 2.65 bits per heavy atom. The average Bonchev–Trinajstić information content (AvgIpc) is 3.24. The van der Waals surface area contributed by atoms with Crippen molar-refractivity contribution in [2.24, 2.45) is 11.7 Å². The first-order valence-electron chi connectivity index (χ1n) is 6.29. The molecule has 20 heavy (non-hydrogen) atoms. The second-order valence-electron chi connectivity index (χ2n) is 4.92. The summed E-state index contributed by atoms with van der Waals surface area (Å²) < 4.78 is 26.4. The molecule has 0 bridgehead atoms. The van der Waals surface area contributed by atoms with Crippen molar-refractivity contribution in [1.29, 1.82) is 5.26 Å². The van der Waals surface area contributed by atoms with Gasteiger partial charge in [-0.1, -0.05) is 11.6 Å². The molecule has 0 spiro atoms. The van der Waals surface area contributed by atoms with Crippen molar-refractivity contribution < 1.29 is 8.42 Å². The van der Waals surface area contributed by atoms with Gasteiger partial charge in [0.05, 0.1) is 15.5 Å². The molecule has 1 aromatic carbocycles. The van der Waals surface area contributed by atoms with E-state index in [1.54, 1.807) is 0 Å². The highest BCUT2D eigenvalue weighted by atomic mass is 35.5. The third-order valence-corrected chi connectivity index (χ3v) is 5.80. The maximum atomic E-state index is 12.5. The number of hydrogen-bond donors (Lipinski definition) is 1. The van der Waals surface area contributed by atoms with E-state index in [4.69, 9.17) is 22.6 Å². The van der Waals surface area contributed by atoms with Crippen molar-refractivity contribution in [3.05, 3.63) is 28.8 Å². The lowest BCUT2D eigenvalue weighted by Crippen LogP contribution is -2.43. The lowest BCUT2D eigenvalue weighted by molar-refractivity contribution is 0.340. The van der Waals surface area contributed by atoms with Gasteiger partial charge in [-0.15, -0.1) is 0 Å². The number of nitrogens with zero attached hydrogens (tertiary/aromatic N) is 2. The zero-order valence-corrected chi connectivity index (χ0v) is 12.7. The van der Waals surface area contributed by atoms with E-state index in [2.05, 4.69) is 0 Å². The highest BCUT2D eigenvalue weighted by molar-refractivity contribution is 7.89. The summed E-state index contributed by atoms with van der Waals surface area (Å²) in [7, 11) is -2.10. The van der Waals surface area contributed by atoms with Crippen LogP contribution in [0.25, 0.3) is 0 Å². The molecule has 1 unspecified atom stereocenters. The van der Waals surface area contributed by atoms with E-state index in [0.717, 1.165) is 12.8 Å². The van der Waals surface area contributed by atoms with Crippen LogP contribution < -0.4 is 5.73 Å². The quantitative estimate of drug-likeness (QED) is 0.893. The van der Waals surface area contributed by atoms with Crippen LogP contribution in [0.4, 0.5) is 0 Å². The Balaban J connectivity index is 2.34. The Labute approximate surface area is 124 Å². The van der Waals surface area contributed by atoms with Gasteiger partial charge < -0.3 is 5.73 Å². The lowest BCUT2D eigenvalue weighted by Gasteiger charge is -2.26. The normalized spacial score (nSPS) is 16.9. The molecule has 1 aliphatic carbocycles. The van der Waals surface area contributed by atoms with E-state index >= 15 is 0 Å². The third kappa shape index (κ3) is 2.81. The van der Waals surface area contributed by atoms with Crippen LogP contribution in [0.1, 0.15) is 18.4 Å². The minimum Gasteiger partial charge on any atom is -0.329 e. The summed E-state index contributed by atoms with van der Waals surface area (Å²) in [6.07, 6.45) is 2.02. The first kappa shape index (κ1) is 15.3. The van der Waals surface area contributed by atoms with E-state index in [1.807, 2.05) is 6.07 Å². The summed E-state index contributed by atoms with van der Waals surface area (Å²) in [6.45, 7) is 0.296. The average molecular weight is 314 g/mol. The lowest BCUT2D eigenvalue weighted by atomic mass is 10.2. The fourth-order valence-corrected chi connectivity index (χ4v) is 3.95. The van der Waals surface area contributed by atoms with Crippen molar-refractivity contribution >= 4 is 21.6 Å². The molecular weight excluding hydrogens is 298 g/mol. The fraction of sp³-hybridized carbons (Fsp3) is 0.462. The minimum absolute atomic E-state index is 0.0862. The molecule has 7 heteroatoms. The number of hydrogen-bond acceptors (Lipinski definition) is 4. The van der Waals surface area contributed by atoms with Gasteiger partial charge in [-0.25, -0.2) is 8.42 Å². The monoisotopic (exact) mass is 313 g/mol. The maximum absolute atomic E-state index is 12.5. The summed E-state index contributed by atoms with van der Waals surface area (Å²) in [5, 5.41) is 8.95. The molecule has 0 aromatic heterocycles. The van der Waals surface area contributed by atoms with Crippen LogP contribution in [0.2, 0.25) is 5.02 Å². The first-order chi connectivity index (χ1) is 9.41. The third-order valence-electron chi connectivity index (χ3n) is 3.61. The molecule has 0 heterocycles. The van der Waals surface area contributed by atoms with E-state index in [-0.39, 0.29) is 21.5 Å². The number of benzene rings is 1. The highest BCUT2D eigenvalue weighted by Crippen LogP contribution is 2.36.